The first-order valence-corrected chi connectivity index (χ1v) is 8.49. The van der Waals surface area contributed by atoms with Crippen LogP contribution in [0.2, 0.25) is 0 Å². The molecule has 0 aliphatic heterocycles. The van der Waals surface area contributed by atoms with Gasteiger partial charge in [-0.3, -0.25) is 4.31 Å². The minimum Gasteiger partial charge on any atom is -0.369 e. The molecule has 0 saturated heterocycles. The van der Waals surface area contributed by atoms with Crippen LogP contribution in [0.3, 0.4) is 0 Å². The molecule has 21 heavy (non-hydrogen) atoms. The molecule has 0 saturated carbocycles. The Morgan fingerprint density at radius 1 is 1.33 bits per heavy atom. The van der Waals surface area contributed by atoms with Crippen molar-refractivity contribution in [1.82, 2.24) is 9.97 Å². The summed E-state index contributed by atoms with van der Waals surface area (Å²) in [5.74, 6) is 0.670. The van der Waals surface area contributed by atoms with E-state index in [0.717, 1.165) is 4.31 Å². The molecule has 0 atom stereocenters. The van der Waals surface area contributed by atoms with Crippen LogP contribution < -0.4 is 9.62 Å². The second-order valence-electron chi connectivity index (χ2n) is 4.19. The van der Waals surface area contributed by atoms with Crippen LogP contribution >= 0.6 is 15.9 Å². The quantitative estimate of drug-likeness (QED) is 0.874. The number of rotatable bonds is 5. The molecule has 112 valence electrons. The molecule has 2 aromatic heterocycles. The summed E-state index contributed by atoms with van der Waals surface area (Å²) in [5, 5.41) is 2.96. The van der Waals surface area contributed by atoms with E-state index in [9.17, 15) is 8.42 Å². The van der Waals surface area contributed by atoms with Crippen LogP contribution in [0.4, 0.5) is 11.6 Å². The summed E-state index contributed by atoms with van der Waals surface area (Å²) in [4.78, 5) is 8.29. The van der Waals surface area contributed by atoms with Crippen molar-refractivity contribution in [2.75, 3.05) is 23.2 Å². The van der Waals surface area contributed by atoms with Gasteiger partial charge >= 0.3 is 0 Å². The number of pyridine rings is 2. The van der Waals surface area contributed by atoms with Crippen LogP contribution in [0, 0.1) is 0 Å². The van der Waals surface area contributed by atoms with Gasteiger partial charge in [0.15, 0.2) is 0 Å². The number of nitrogens with zero attached hydrogens (tertiary/aromatic N) is 3. The molecular weight excluding hydrogens is 356 g/mol. The Morgan fingerprint density at radius 2 is 2.10 bits per heavy atom. The molecule has 0 aromatic carbocycles. The molecule has 0 radical (unpaired) electrons. The van der Waals surface area contributed by atoms with Gasteiger partial charge in [-0.05, 0) is 41.1 Å². The van der Waals surface area contributed by atoms with Crippen molar-refractivity contribution < 1.29 is 8.42 Å². The highest BCUT2D eigenvalue weighted by atomic mass is 79.9. The maximum absolute atomic E-state index is 12.8. The van der Waals surface area contributed by atoms with Crippen molar-refractivity contribution >= 4 is 37.6 Å². The van der Waals surface area contributed by atoms with Crippen LogP contribution in [0.1, 0.15) is 6.92 Å². The van der Waals surface area contributed by atoms with Crippen molar-refractivity contribution in [3.63, 3.8) is 0 Å². The van der Waals surface area contributed by atoms with E-state index in [2.05, 4.69) is 31.2 Å². The number of anilines is 2. The van der Waals surface area contributed by atoms with Crippen molar-refractivity contribution in [2.45, 2.75) is 11.8 Å². The number of hydrogen-bond donors (Lipinski definition) is 1. The average molecular weight is 371 g/mol. The third-order valence-electron chi connectivity index (χ3n) is 2.77. The van der Waals surface area contributed by atoms with Gasteiger partial charge in [-0.2, -0.15) is 0 Å². The Hall–Kier alpha value is -1.67. The van der Waals surface area contributed by atoms with Gasteiger partial charge in [0.2, 0.25) is 0 Å². The lowest BCUT2D eigenvalue weighted by atomic mass is 10.4. The fraction of sp³-hybridized carbons (Fsp3) is 0.231. The van der Waals surface area contributed by atoms with E-state index in [0.29, 0.717) is 22.7 Å². The van der Waals surface area contributed by atoms with Gasteiger partial charge in [-0.15, -0.1) is 0 Å². The van der Waals surface area contributed by atoms with Gasteiger partial charge < -0.3 is 5.32 Å². The van der Waals surface area contributed by atoms with E-state index in [4.69, 9.17) is 0 Å². The molecule has 0 unspecified atom stereocenters. The summed E-state index contributed by atoms with van der Waals surface area (Å²) < 4.78 is 27.3. The number of sulfonamides is 1. The van der Waals surface area contributed by atoms with E-state index < -0.39 is 10.0 Å². The van der Waals surface area contributed by atoms with Crippen molar-refractivity contribution in [3.05, 3.63) is 41.1 Å². The molecule has 2 heterocycles. The fourth-order valence-corrected chi connectivity index (χ4v) is 3.51. The van der Waals surface area contributed by atoms with E-state index in [-0.39, 0.29) is 4.90 Å². The summed E-state index contributed by atoms with van der Waals surface area (Å²) >= 11 is 3.26. The summed E-state index contributed by atoms with van der Waals surface area (Å²) in [5.41, 5.74) is 0. The number of hydrogen-bond acceptors (Lipinski definition) is 5. The lowest BCUT2D eigenvalue weighted by molar-refractivity contribution is 0.594. The highest BCUT2D eigenvalue weighted by Gasteiger charge is 2.26. The third kappa shape index (κ3) is 3.33. The summed E-state index contributed by atoms with van der Waals surface area (Å²) in [7, 11) is -2.28. The minimum atomic E-state index is -3.75. The van der Waals surface area contributed by atoms with Crippen LogP contribution in [0.15, 0.2) is 46.0 Å². The Morgan fingerprint density at radius 3 is 2.71 bits per heavy atom. The molecule has 0 aliphatic carbocycles. The van der Waals surface area contributed by atoms with Crippen molar-refractivity contribution in [3.8, 4) is 0 Å². The molecule has 2 aromatic rings. The number of halogens is 1. The van der Waals surface area contributed by atoms with Gasteiger partial charge in [-0.1, -0.05) is 6.07 Å². The first kappa shape index (κ1) is 15.7. The monoisotopic (exact) mass is 370 g/mol. The molecule has 0 aliphatic rings. The zero-order chi connectivity index (χ0) is 15.5. The van der Waals surface area contributed by atoms with Gasteiger partial charge in [0.05, 0.1) is 0 Å². The summed E-state index contributed by atoms with van der Waals surface area (Å²) in [6.07, 6.45) is 3.10. The van der Waals surface area contributed by atoms with E-state index in [1.54, 1.807) is 30.6 Å². The predicted molar refractivity (Wildman–Crippen MR) is 85.9 cm³/mol. The summed E-state index contributed by atoms with van der Waals surface area (Å²) in [6, 6.07) is 6.63. The zero-order valence-corrected chi connectivity index (χ0v) is 14.0. The minimum absolute atomic E-state index is 0.104. The Labute approximate surface area is 132 Å². The van der Waals surface area contributed by atoms with Crippen LogP contribution in [0.25, 0.3) is 0 Å². The molecule has 8 heteroatoms. The molecule has 2 rings (SSSR count). The molecule has 0 amide bonds. The second kappa shape index (κ2) is 6.40. The van der Waals surface area contributed by atoms with Gasteiger partial charge in [-0.25, -0.2) is 18.4 Å². The number of nitrogens with one attached hydrogen (secondary N) is 1. The first-order chi connectivity index (χ1) is 9.96. The average Bonchev–Trinajstić information content (AvgIpc) is 2.49. The van der Waals surface area contributed by atoms with E-state index in [1.807, 2.05) is 6.92 Å². The first-order valence-electron chi connectivity index (χ1n) is 6.26. The highest BCUT2D eigenvalue weighted by Crippen LogP contribution is 2.27. The largest absolute Gasteiger partial charge is 0.369 e. The topological polar surface area (TPSA) is 75.2 Å². The van der Waals surface area contributed by atoms with E-state index in [1.165, 1.54) is 13.1 Å². The van der Waals surface area contributed by atoms with Crippen LogP contribution in [0.5, 0.6) is 0 Å². The SMILES string of the molecule is CCNc1ncc(Br)cc1S(=O)(=O)N(C)c1ccccn1. The standard InChI is InChI=1S/C13H15BrN4O2S/c1-3-15-13-11(8-10(14)9-17-13)21(19,20)18(2)12-6-4-5-7-16-12/h4-9H,3H2,1-2H3,(H,15,17). The molecule has 1 N–H and O–H groups in total. The molecule has 0 bridgehead atoms. The van der Waals surface area contributed by atoms with E-state index >= 15 is 0 Å². The van der Waals surface area contributed by atoms with Crippen molar-refractivity contribution in [1.29, 1.82) is 0 Å². The Balaban J connectivity index is 2.51. The van der Waals surface area contributed by atoms with Crippen molar-refractivity contribution in [2.24, 2.45) is 0 Å². The second-order valence-corrected chi connectivity index (χ2v) is 7.04. The zero-order valence-electron chi connectivity index (χ0n) is 11.6. The Kier molecular flexibility index (Phi) is 4.79. The predicted octanol–water partition coefficient (Wildman–Crippen LogP) is 2.50. The van der Waals surface area contributed by atoms with Crippen LogP contribution in [-0.2, 0) is 10.0 Å². The number of aromatic nitrogens is 2. The maximum Gasteiger partial charge on any atom is 0.268 e. The summed E-state index contributed by atoms with van der Waals surface area (Å²) in [6.45, 7) is 2.45. The van der Waals surface area contributed by atoms with Gasteiger partial charge in [0.25, 0.3) is 10.0 Å². The van der Waals surface area contributed by atoms with Gasteiger partial charge in [0.1, 0.15) is 16.5 Å². The third-order valence-corrected chi connectivity index (χ3v) is 4.98. The molecular formula is C13H15BrN4O2S. The lowest BCUT2D eigenvalue weighted by Crippen LogP contribution is -2.28. The highest BCUT2D eigenvalue weighted by molar-refractivity contribution is 9.10. The van der Waals surface area contributed by atoms with Crippen LogP contribution in [-0.4, -0.2) is 32.0 Å². The molecule has 6 nitrogen and oxygen atoms in total. The fourth-order valence-electron chi connectivity index (χ4n) is 1.73. The maximum atomic E-state index is 12.8. The normalized spacial score (nSPS) is 11.2. The Bertz CT molecular complexity index is 722. The molecule has 0 spiro atoms. The molecule has 0 fully saturated rings. The smallest absolute Gasteiger partial charge is 0.268 e. The van der Waals surface area contributed by atoms with Gasteiger partial charge in [0, 0.05) is 30.5 Å². The lowest BCUT2D eigenvalue weighted by Gasteiger charge is -2.20.